The molecule has 3 rings (SSSR count). The van der Waals surface area contributed by atoms with Gasteiger partial charge >= 0.3 is 0 Å². The molecule has 1 amide bonds. The Labute approximate surface area is 157 Å². The molecule has 6 heteroatoms. The molecule has 0 bridgehead atoms. The zero-order chi connectivity index (χ0) is 18.8. The number of hydrogen-bond acceptors (Lipinski definition) is 3. The maximum absolute atomic E-state index is 11.4. The number of pyridine rings is 1. The van der Waals surface area contributed by atoms with Crippen LogP contribution in [-0.4, -0.2) is 22.6 Å². The molecule has 0 saturated carbocycles. The molecule has 0 fully saturated rings. The van der Waals surface area contributed by atoms with Gasteiger partial charge in [-0.15, -0.1) is 0 Å². The average Bonchev–Trinajstić information content (AvgIpc) is 2.98. The fraction of sp³-hybridized carbons (Fsp3) is 0.300. The van der Waals surface area contributed by atoms with Crippen LogP contribution in [0, 0.1) is 0 Å². The monoisotopic (exact) mass is 371 g/mol. The predicted octanol–water partition coefficient (Wildman–Crippen LogP) is 4.36. The van der Waals surface area contributed by atoms with E-state index in [0.29, 0.717) is 23.2 Å². The molecular weight excluding hydrogens is 350 g/mol. The van der Waals surface area contributed by atoms with Gasteiger partial charge in [-0.05, 0) is 42.7 Å². The number of nitrogens with zero attached hydrogens (tertiary/aromatic N) is 2. The van der Waals surface area contributed by atoms with Crippen molar-refractivity contribution in [1.82, 2.24) is 9.55 Å². The zero-order valence-corrected chi connectivity index (χ0v) is 15.9. The molecule has 0 spiro atoms. The number of benzene rings is 1. The third-order valence-corrected chi connectivity index (χ3v) is 5.00. The lowest BCUT2D eigenvalue weighted by Crippen LogP contribution is -2.15. The van der Waals surface area contributed by atoms with Gasteiger partial charge < -0.3 is 15.0 Å². The zero-order valence-electron chi connectivity index (χ0n) is 15.1. The standard InChI is InChI=1S/C20H22ClN3O2/c1-4-12(2)17-8-13-9-19(26-3)15(21)10-18(13)24(17)11-14-6-5-7-16(23-14)20(22)25/h5-10,12H,4,11H2,1-3H3,(H2,22,25). The van der Waals surface area contributed by atoms with Gasteiger partial charge in [0.15, 0.2) is 0 Å². The van der Waals surface area contributed by atoms with Gasteiger partial charge in [0.1, 0.15) is 11.4 Å². The van der Waals surface area contributed by atoms with Gasteiger partial charge in [0.25, 0.3) is 5.91 Å². The summed E-state index contributed by atoms with van der Waals surface area (Å²) in [6, 6.07) is 11.3. The van der Waals surface area contributed by atoms with Crippen LogP contribution in [0.2, 0.25) is 5.02 Å². The smallest absolute Gasteiger partial charge is 0.267 e. The predicted molar refractivity (Wildman–Crippen MR) is 104 cm³/mol. The van der Waals surface area contributed by atoms with Crippen molar-refractivity contribution in [2.75, 3.05) is 7.11 Å². The summed E-state index contributed by atoms with van der Waals surface area (Å²) in [5.41, 5.74) is 8.60. The summed E-state index contributed by atoms with van der Waals surface area (Å²) in [5.74, 6) is 0.492. The highest BCUT2D eigenvalue weighted by atomic mass is 35.5. The third kappa shape index (κ3) is 3.40. The highest BCUT2D eigenvalue weighted by Crippen LogP contribution is 2.34. The van der Waals surface area contributed by atoms with Crippen molar-refractivity contribution in [2.24, 2.45) is 5.73 Å². The molecule has 1 aromatic carbocycles. The number of halogens is 1. The van der Waals surface area contributed by atoms with E-state index in [-0.39, 0.29) is 5.69 Å². The van der Waals surface area contributed by atoms with Crippen LogP contribution in [0.5, 0.6) is 5.75 Å². The number of ether oxygens (including phenoxy) is 1. The molecule has 0 aliphatic heterocycles. The molecule has 2 aromatic heterocycles. The van der Waals surface area contributed by atoms with E-state index in [1.165, 1.54) is 5.69 Å². The highest BCUT2D eigenvalue weighted by Gasteiger charge is 2.17. The van der Waals surface area contributed by atoms with Crippen LogP contribution in [0.15, 0.2) is 36.4 Å². The number of fused-ring (bicyclic) bond motifs is 1. The van der Waals surface area contributed by atoms with Gasteiger partial charge in [-0.2, -0.15) is 0 Å². The van der Waals surface area contributed by atoms with Gasteiger partial charge in [-0.3, -0.25) is 4.79 Å². The molecule has 2 heterocycles. The maximum atomic E-state index is 11.4. The number of hydrogen-bond donors (Lipinski definition) is 1. The SMILES string of the molecule is CCC(C)c1cc2cc(OC)c(Cl)cc2n1Cc1cccc(C(N)=O)n1. The molecule has 1 atom stereocenters. The van der Waals surface area contributed by atoms with Crippen LogP contribution in [0.1, 0.15) is 48.1 Å². The van der Waals surface area contributed by atoms with E-state index in [4.69, 9.17) is 22.1 Å². The number of aromatic nitrogens is 2. The lowest BCUT2D eigenvalue weighted by Gasteiger charge is -2.15. The first-order valence-corrected chi connectivity index (χ1v) is 8.94. The van der Waals surface area contributed by atoms with Crippen molar-refractivity contribution in [3.8, 4) is 5.75 Å². The van der Waals surface area contributed by atoms with Crippen molar-refractivity contribution < 1.29 is 9.53 Å². The molecule has 2 N–H and O–H groups in total. The number of rotatable bonds is 6. The first kappa shape index (κ1) is 18.3. The normalized spacial score (nSPS) is 12.3. The van der Waals surface area contributed by atoms with E-state index in [1.54, 1.807) is 19.2 Å². The van der Waals surface area contributed by atoms with Crippen LogP contribution in [0.25, 0.3) is 10.9 Å². The van der Waals surface area contributed by atoms with E-state index in [0.717, 1.165) is 23.0 Å². The van der Waals surface area contributed by atoms with Gasteiger partial charge in [-0.1, -0.05) is 31.5 Å². The second-order valence-electron chi connectivity index (χ2n) is 6.39. The first-order valence-electron chi connectivity index (χ1n) is 8.57. The minimum Gasteiger partial charge on any atom is -0.495 e. The Kier molecular flexibility index (Phi) is 5.18. The summed E-state index contributed by atoms with van der Waals surface area (Å²) in [7, 11) is 1.61. The van der Waals surface area contributed by atoms with Crippen molar-refractivity contribution in [3.63, 3.8) is 0 Å². The Bertz CT molecular complexity index is 965. The minimum absolute atomic E-state index is 0.267. The van der Waals surface area contributed by atoms with Crippen LogP contribution in [-0.2, 0) is 6.54 Å². The summed E-state index contributed by atoms with van der Waals surface area (Å²) >= 11 is 6.35. The minimum atomic E-state index is -0.529. The van der Waals surface area contributed by atoms with Gasteiger partial charge in [0, 0.05) is 11.1 Å². The van der Waals surface area contributed by atoms with Crippen molar-refractivity contribution in [1.29, 1.82) is 0 Å². The summed E-state index contributed by atoms with van der Waals surface area (Å²) < 4.78 is 7.54. The molecule has 26 heavy (non-hydrogen) atoms. The van der Waals surface area contributed by atoms with Crippen LogP contribution in [0.4, 0.5) is 0 Å². The molecule has 0 aliphatic rings. The van der Waals surface area contributed by atoms with E-state index in [2.05, 4.69) is 29.5 Å². The van der Waals surface area contributed by atoms with Crippen molar-refractivity contribution >= 4 is 28.4 Å². The van der Waals surface area contributed by atoms with Crippen LogP contribution in [0.3, 0.4) is 0 Å². The number of nitrogens with two attached hydrogens (primary N) is 1. The number of primary amides is 1. The summed E-state index contributed by atoms with van der Waals surface area (Å²) in [4.78, 5) is 15.8. The van der Waals surface area contributed by atoms with Crippen molar-refractivity contribution in [3.05, 3.63) is 58.5 Å². The number of amides is 1. The molecule has 136 valence electrons. The Morgan fingerprint density at radius 2 is 2.12 bits per heavy atom. The number of carbonyl (C=O) groups is 1. The third-order valence-electron chi connectivity index (χ3n) is 4.70. The Hall–Kier alpha value is -2.53. The lowest BCUT2D eigenvalue weighted by atomic mass is 10.0. The first-order chi connectivity index (χ1) is 12.4. The second-order valence-corrected chi connectivity index (χ2v) is 6.80. The molecule has 0 radical (unpaired) electrons. The summed E-state index contributed by atoms with van der Waals surface area (Å²) in [6.07, 6.45) is 1.01. The van der Waals surface area contributed by atoms with Gasteiger partial charge in [-0.25, -0.2) is 4.98 Å². The number of carbonyl (C=O) groups excluding carboxylic acids is 1. The Morgan fingerprint density at radius 1 is 1.35 bits per heavy atom. The second kappa shape index (κ2) is 7.38. The Balaban J connectivity index is 2.14. The van der Waals surface area contributed by atoms with Gasteiger partial charge in [0.2, 0.25) is 0 Å². The van der Waals surface area contributed by atoms with Crippen LogP contribution < -0.4 is 10.5 Å². The fourth-order valence-electron chi connectivity index (χ4n) is 3.10. The summed E-state index contributed by atoms with van der Waals surface area (Å²) in [5, 5.41) is 1.63. The largest absolute Gasteiger partial charge is 0.495 e. The molecule has 0 saturated heterocycles. The van der Waals surface area contributed by atoms with Crippen LogP contribution >= 0.6 is 11.6 Å². The molecule has 1 unspecified atom stereocenters. The summed E-state index contributed by atoms with van der Waals surface area (Å²) in [6.45, 7) is 4.88. The topological polar surface area (TPSA) is 70.1 Å². The van der Waals surface area contributed by atoms with Gasteiger partial charge in [0.05, 0.1) is 29.9 Å². The lowest BCUT2D eigenvalue weighted by molar-refractivity contribution is 0.0995. The number of methoxy groups -OCH3 is 1. The van der Waals surface area contributed by atoms with Crippen molar-refractivity contribution in [2.45, 2.75) is 32.7 Å². The highest BCUT2D eigenvalue weighted by molar-refractivity contribution is 6.32. The maximum Gasteiger partial charge on any atom is 0.267 e. The molecule has 5 nitrogen and oxygen atoms in total. The average molecular weight is 372 g/mol. The Morgan fingerprint density at radius 3 is 2.77 bits per heavy atom. The fourth-order valence-corrected chi connectivity index (χ4v) is 3.34. The molecule has 0 aliphatic carbocycles. The quantitative estimate of drug-likeness (QED) is 0.699. The van der Waals surface area contributed by atoms with E-state index < -0.39 is 5.91 Å². The van der Waals surface area contributed by atoms with E-state index in [9.17, 15) is 4.79 Å². The van der Waals surface area contributed by atoms with E-state index >= 15 is 0 Å². The molecular formula is C20H22ClN3O2. The van der Waals surface area contributed by atoms with E-state index in [1.807, 2.05) is 18.2 Å². The molecule has 3 aromatic rings.